The highest BCUT2D eigenvalue weighted by molar-refractivity contribution is 5.99. The van der Waals surface area contributed by atoms with Crippen molar-refractivity contribution in [1.82, 2.24) is 0 Å². The Kier molecular flexibility index (Phi) is 10.6. The molecule has 1 aromatic carbocycles. The zero-order chi connectivity index (χ0) is 28.0. The van der Waals surface area contributed by atoms with E-state index in [1.807, 2.05) is 0 Å². The molecular weight excluding hydrogens is 505 g/mol. The Morgan fingerprint density at radius 2 is 1.49 bits per heavy atom. The fourth-order valence-electron chi connectivity index (χ4n) is 7.47. The third-order valence-corrected chi connectivity index (χ3v) is 9.77. The summed E-state index contributed by atoms with van der Waals surface area (Å²) in [4.78, 5) is 12.7. The molecule has 4 rings (SSSR count). The Labute approximate surface area is 232 Å². The van der Waals surface area contributed by atoms with Gasteiger partial charge in [-0.05, 0) is 107 Å². The lowest BCUT2D eigenvalue weighted by Crippen LogP contribution is -2.40. The molecule has 7 heteroatoms. The molecule has 0 amide bonds. The molecule has 0 saturated heterocycles. The number of rotatable bonds is 11. The first kappa shape index (κ1) is 30.2. The molecule has 0 aliphatic heterocycles. The van der Waals surface area contributed by atoms with E-state index in [2.05, 4.69) is 6.92 Å². The quantitative estimate of drug-likeness (QED) is 0.278. The Hall–Kier alpha value is -1.76. The van der Waals surface area contributed by atoms with Crippen molar-refractivity contribution in [3.63, 3.8) is 0 Å². The topological polar surface area (TPSA) is 55.8 Å². The first-order valence-electron chi connectivity index (χ1n) is 15.4. The molecule has 0 spiro atoms. The number of hydrogen-bond acceptors (Lipinski definition) is 4. The third kappa shape index (κ3) is 7.71. The van der Waals surface area contributed by atoms with Crippen molar-refractivity contribution in [2.75, 3.05) is 6.61 Å². The van der Waals surface area contributed by atoms with E-state index in [9.17, 15) is 14.3 Å². The van der Waals surface area contributed by atoms with E-state index >= 15 is 8.78 Å². The maximum Gasteiger partial charge on any atom is 0.358 e. The van der Waals surface area contributed by atoms with Crippen LogP contribution < -0.4 is 4.74 Å². The van der Waals surface area contributed by atoms with Crippen LogP contribution >= 0.6 is 0 Å². The Balaban J connectivity index is 1.19. The van der Waals surface area contributed by atoms with Crippen LogP contribution in [0.3, 0.4) is 0 Å². The highest BCUT2D eigenvalue weighted by Gasteiger charge is 2.46. The third-order valence-electron chi connectivity index (χ3n) is 9.77. The molecule has 4 nitrogen and oxygen atoms in total. The molecule has 3 aliphatic carbocycles. The molecule has 3 aliphatic rings. The number of carbonyl (C=O) groups excluding carboxylic acids is 1. The Bertz CT molecular complexity index is 928. The molecule has 0 atom stereocenters. The smallest absolute Gasteiger partial charge is 0.358 e. The second-order valence-corrected chi connectivity index (χ2v) is 12.3. The normalized spacial score (nSPS) is 30.2. The fourth-order valence-corrected chi connectivity index (χ4v) is 7.47. The number of ketones is 1. The lowest BCUT2D eigenvalue weighted by Gasteiger charge is -2.40. The Morgan fingerprint density at radius 1 is 0.897 bits per heavy atom. The van der Waals surface area contributed by atoms with Crippen LogP contribution in [-0.4, -0.2) is 29.7 Å². The van der Waals surface area contributed by atoms with Crippen molar-refractivity contribution in [3.8, 4) is 11.5 Å². The number of phenolic OH excluding ortho intramolecular Hbond substituents is 1. The summed E-state index contributed by atoms with van der Waals surface area (Å²) in [5.74, 6) is -0.589. The van der Waals surface area contributed by atoms with Crippen molar-refractivity contribution in [3.05, 3.63) is 23.5 Å². The number of carbonyl (C=O) groups is 1. The van der Waals surface area contributed by atoms with Gasteiger partial charge in [0.25, 0.3) is 0 Å². The molecule has 0 heterocycles. The average Bonchev–Trinajstić information content (AvgIpc) is 2.93. The van der Waals surface area contributed by atoms with Gasteiger partial charge in [-0.2, -0.15) is 13.2 Å². The summed E-state index contributed by atoms with van der Waals surface area (Å²) in [6.45, 7) is 4.20. The largest absolute Gasteiger partial charge is 0.504 e. The minimum atomic E-state index is -3.11. The summed E-state index contributed by atoms with van der Waals surface area (Å²) < 4.78 is 55.1. The number of aromatic hydroxyl groups is 1. The summed E-state index contributed by atoms with van der Waals surface area (Å²) in [6.07, 6.45) is 9.29. The van der Waals surface area contributed by atoms with Crippen LogP contribution in [-0.2, 0) is 4.74 Å². The van der Waals surface area contributed by atoms with E-state index in [-0.39, 0.29) is 36.0 Å². The lowest BCUT2D eigenvalue weighted by atomic mass is 9.68. The standard InChI is InChI=1S/C32H47F3O4/c1-3-5-21-6-10-23(11-7-21)24-12-14-25(15-13-24)32(34,35)39-26-16-8-22(9-17-26)20-28(36)27-18-19-29(38-4-2)30(33)31(27)37/h18-19,21-26,37H,3-17,20H2,1-2H3. The molecule has 3 fully saturated rings. The molecule has 1 N–H and O–H groups in total. The van der Waals surface area contributed by atoms with Crippen LogP contribution in [0.5, 0.6) is 11.5 Å². The number of halogens is 3. The first-order valence-corrected chi connectivity index (χ1v) is 15.4. The summed E-state index contributed by atoms with van der Waals surface area (Å²) >= 11 is 0. The fraction of sp³-hybridized carbons (Fsp3) is 0.781. The number of benzene rings is 1. The molecule has 0 radical (unpaired) electrons. The maximum absolute atomic E-state index is 15.1. The van der Waals surface area contributed by atoms with Gasteiger partial charge in [-0.1, -0.05) is 32.6 Å². The second kappa shape index (κ2) is 13.7. The van der Waals surface area contributed by atoms with E-state index in [4.69, 9.17) is 9.47 Å². The number of hydrogen-bond donors (Lipinski definition) is 1. The van der Waals surface area contributed by atoms with Crippen molar-refractivity contribution >= 4 is 5.78 Å². The lowest BCUT2D eigenvalue weighted by molar-refractivity contribution is -0.302. The predicted octanol–water partition coefficient (Wildman–Crippen LogP) is 9.08. The molecule has 1 aromatic rings. The molecule has 220 valence electrons. The van der Waals surface area contributed by atoms with Crippen LogP contribution in [0.15, 0.2) is 12.1 Å². The van der Waals surface area contributed by atoms with Gasteiger partial charge in [0.1, 0.15) is 0 Å². The van der Waals surface area contributed by atoms with Gasteiger partial charge in [0, 0.05) is 6.42 Å². The molecule has 0 bridgehead atoms. The van der Waals surface area contributed by atoms with E-state index in [0.29, 0.717) is 50.4 Å². The molecule has 3 saturated carbocycles. The van der Waals surface area contributed by atoms with Crippen molar-refractivity contribution in [2.24, 2.45) is 29.6 Å². The molecule has 0 unspecified atom stereocenters. The molecule has 39 heavy (non-hydrogen) atoms. The maximum atomic E-state index is 15.1. The number of Topliss-reactive ketones (excluding diaryl/α,β-unsaturated/α-hetero) is 1. The van der Waals surface area contributed by atoms with Gasteiger partial charge in [0.05, 0.1) is 24.2 Å². The van der Waals surface area contributed by atoms with Crippen LogP contribution in [0.1, 0.15) is 121 Å². The van der Waals surface area contributed by atoms with Gasteiger partial charge in [-0.15, -0.1) is 0 Å². The van der Waals surface area contributed by atoms with Crippen LogP contribution in [0.2, 0.25) is 0 Å². The van der Waals surface area contributed by atoms with E-state index in [1.165, 1.54) is 50.7 Å². The molecule has 0 aromatic heterocycles. The van der Waals surface area contributed by atoms with Crippen molar-refractivity contribution < 1.29 is 32.5 Å². The predicted molar refractivity (Wildman–Crippen MR) is 146 cm³/mol. The monoisotopic (exact) mass is 552 g/mol. The van der Waals surface area contributed by atoms with Crippen LogP contribution in [0.4, 0.5) is 13.2 Å². The number of alkyl halides is 2. The summed E-state index contributed by atoms with van der Waals surface area (Å²) in [5, 5.41) is 10.1. The highest BCUT2D eigenvalue weighted by Crippen LogP contribution is 2.47. The molecular formula is C32H47F3O4. The van der Waals surface area contributed by atoms with Crippen LogP contribution in [0.25, 0.3) is 0 Å². The Morgan fingerprint density at radius 3 is 2.08 bits per heavy atom. The highest BCUT2D eigenvalue weighted by atomic mass is 19.3. The zero-order valence-electron chi connectivity index (χ0n) is 23.7. The van der Waals surface area contributed by atoms with E-state index < -0.39 is 29.7 Å². The van der Waals surface area contributed by atoms with Crippen LogP contribution in [0, 0.1) is 35.4 Å². The summed E-state index contributed by atoms with van der Waals surface area (Å²) in [6, 6.07) is 2.73. The van der Waals surface area contributed by atoms with Gasteiger partial charge < -0.3 is 14.6 Å². The second-order valence-electron chi connectivity index (χ2n) is 12.3. The summed E-state index contributed by atoms with van der Waals surface area (Å²) in [7, 11) is 0. The van der Waals surface area contributed by atoms with Crippen molar-refractivity contribution in [1.29, 1.82) is 0 Å². The summed E-state index contributed by atoms with van der Waals surface area (Å²) in [5.41, 5.74) is -0.0644. The minimum absolute atomic E-state index is 0.00265. The zero-order valence-corrected chi connectivity index (χ0v) is 23.7. The van der Waals surface area contributed by atoms with Gasteiger partial charge in [0.2, 0.25) is 5.82 Å². The number of phenols is 1. The van der Waals surface area contributed by atoms with Gasteiger partial charge in [-0.3, -0.25) is 4.79 Å². The first-order chi connectivity index (χ1) is 18.7. The van der Waals surface area contributed by atoms with Gasteiger partial charge >= 0.3 is 6.11 Å². The van der Waals surface area contributed by atoms with Gasteiger partial charge in [0.15, 0.2) is 17.3 Å². The van der Waals surface area contributed by atoms with Crippen molar-refractivity contribution in [2.45, 2.75) is 122 Å². The minimum Gasteiger partial charge on any atom is -0.504 e. The number of ether oxygens (including phenoxy) is 2. The van der Waals surface area contributed by atoms with E-state index in [1.54, 1.807) is 6.92 Å². The van der Waals surface area contributed by atoms with E-state index in [0.717, 1.165) is 18.8 Å². The SMILES string of the molecule is CCCC1CCC(C2CCC(C(F)(F)OC3CCC(CC(=O)c4ccc(OCC)c(F)c4O)CC3)CC2)CC1. The average molecular weight is 553 g/mol. The van der Waals surface area contributed by atoms with Gasteiger partial charge in [-0.25, -0.2) is 0 Å².